The van der Waals surface area contributed by atoms with Crippen molar-refractivity contribution < 1.29 is 5.11 Å². The van der Waals surface area contributed by atoms with E-state index in [9.17, 15) is 5.11 Å². The Kier molecular flexibility index (Phi) is 5.47. The molecule has 1 aromatic rings. The quantitative estimate of drug-likeness (QED) is 0.886. The van der Waals surface area contributed by atoms with Crippen LogP contribution in [-0.4, -0.2) is 79.3 Å². The number of hydrogen-bond donors (Lipinski definition) is 1. The first kappa shape index (κ1) is 15.9. The summed E-state index contributed by atoms with van der Waals surface area (Å²) >= 11 is 0. The van der Waals surface area contributed by atoms with Gasteiger partial charge in [0.25, 0.3) is 0 Å². The molecule has 22 heavy (non-hydrogen) atoms. The van der Waals surface area contributed by atoms with Crippen LogP contribution in [0, 0.1) is 0 Å². The number of nitrogens with zero attached hydrogens (tertiary/aromatic N) is 3. The Balaban J connectivity index is 1.50. The summed E-state index contributed by atoms with van der Waals surface area (Å²) < 4.78 is 0. The van der Waals surface area contributed by atoms with Gasteiger partial charge in [-0.25, -0.2) is 0 Å². The van der Waals surface area contributed by atoms with Crippen molar-refractivity contribution >= 4 is 0 Å². The highest BCUT2D eigenvalue weighted by atomic mass is 16.3. The van der Waals surface area contributed by atoms with Gasteiger partial charge in [-0.2, -0.15) is 0 Å². The Hall–Kier alpha value is -0.940. The molecule has 1 atom stereocenters. The molecule has 0 aliphatic carbocycles. The van der Waals surface area contributed by atoms with E-state index in [1.807, 2.05) is 0 Å². The van der Waals surface area contributed by atoms with E-state index in [4.69, 9.17) is 0 Å². The first-order valence-electron chi connectivity index (χ1n) is 8.61. The van der Waals surface area contributed by atoms with Crippen molar-refractivity contribution in [1.29, 1.82) is 0 Å². The normalized spacial score (nSPS) is 24.4. The summed E-state index contributed by atoms with van der Waals surface area (Å²) in [4.78, 5) is 7.45. The van der Waals surface area contributed by atoms with Gasteiger partial charge in [0.1, 0.15) is 0 Å². The number of hydrogen-bond acceptors (Lipinski definition) is 4. The van der Waals surface area contributed by atoms with Gasteiger partial charge < -0.3 is 14.9 Å². The lowest BCUT2D eigenvalue weighted by molar-refractivity contribution is 0.102. The predicted octanol–water partition coefficient (Wildman–Crippen LogP) is 1.22. The predicted molar refractivity (Wildman–Crippen MR) is 90.1 cm³/mol. The molecule has 1 N–H and O–H groups in total. The first-order chi connectivity index (χ1) is 10.8. The SMILES string of the molecule is CN1CCN(CCCN2CCc3ccccc3C2CO)CC1. The summed E-state index contributed by atoms with van der Waals surface area (Å²) in [5, 5.41) is 9.83. The maximum atomic E-state index is 9.83. The standard InChI is InChI=1S/C18H29N3O/c1-19-11-13-20(14-12-19)8-4-9-21-10-7-16-5-2-3-6-17(16)18(21)15-22/h2-3,5-6,18,22H,4,7-15H2,1H3. The molecule has 0 spiro atoms. The van der Waals surface area contributed by atoms with E-state index in [0.717, 1.165) is 19.5 Å². The van der Waals surface area contributed by atoms with Gasteiger partial charge in [0.2, 0.25) is 0 Å². The van der Waals surface area contributed by atoms with Gasteiger partial charge >= 0.3 is 0 Å². The van der Waals surface area contributed by atoms with E-state index in [-0.39, 0.29) is 12.6 Å². The summed E-state index contributed by atoms with van der Waals surface area (Å²) in [6, 6.07) is 8.78. The Morgan fingerprint density at radius 3 is 2.59 bits per heavy atom. The summed E-state index contributed by atoms with van der Waals surface area (Å²) in [7, 11) is 2.20. The lowest BCUT2D eigenvalue weighted by Crippen LogP contribution is -2.45. The van der Waals surface area contributed by atoms with Crippen molar-refractivity contribution in [3.63, 3.8) is 0 Å². The van der Waals surface area contributed by atoms with Crippen molar-refractivity contribution in [1.82, 2.24) is 14.7 Å². The van der Waals surface area contributed by atoms with Gasteiger partial charge in [-0.1, -0.05) is 24.3 Å². The summed E-state index contributed by atoms with van der Waals surface area (Å²) in [5.41, 5.74) is 2.74. The summed E-state index contributed by atoms with van der Waals surface area (Å²) in [6.45, 7) is 8.35. The number of piperazine rings is 1. The fourth-order valence-corrected chi connectivity index (χ4v) is 3.75. The molecule has 1 saturated heterocycles. The molecule has 1 fully saturated rings. The molecule has 2 heterocycles. The second-order valence-electron chi connectivity index (χ2n) is 6.68. The van der Waals surface area contributed by atoms with E-state index >= 15 is 0 Å². The Morgan fingerprint density at radius 2 is 1.82 bits per heavy atom. The highest BCUT2D eigenvalue weighted by Gasteiger charge is 2.26. The number of fused-ring (bicyclic) bond motifs is 1. The average Bonchev–Trinajstić information content (AvgIpc) is 2.56. The third kappa shape index (κ3) is 3.69. The number of likely N-dealkylation sites (N-methyl/N-ethyl adjacent to an activating group) is 1. The summed E-state index contributed by atoms with van der Waals surface area (Å²) in [6.07, 6.45) is 2.31. The van der Waals surface area contributed by atoms with Crippen LogP contribution in [0.25, 0.3) is 0 Å². The lowest BCUT2D eigenvalue weighted by atomic mass is 9.93. The van der Waals surface area contributed by atoms with Crippen molar-refractivity contribution in [2.75, 3.05) is 59.5 Å². The minimum Gasteiger partial charge on any atom is -0.394 e. The first-order valence-corrected chi connectivity index (χ1v) is 8.61. The highest BCUT2D eigenvalue weighted by molar-refractivity contribution is 5.32. The van der Waals surface area contributed by atoms with Crippen molar-refractivity contribution in [3.05, 3.63) is 35.4 Å². The molecule has 4 heteroatoms. The fraction of sp³-hybridized carbons (Fsp3) is 0.667. The number of benzene rings is 1. The third-order valence-corrected chi connectivity index (χ3v) is 5.21. The highest BCUT2D eigenvalue weighted by Crippen LogP contribution is 2.29. The Bertz CT molecular complexity index is 471. The van der Waals surface area contributed by atoms with Crippen molar-refractivity contribution in [2.24, 2.45) is 0 Å². The molecule has 3 rings (SSSR count). The monoisotopic (exact) mass is 303 g/mol. The molecule has 0 bridgehead atoms. The van der Waals surface area contributed by atoms with E-state index in [1.54, 1.807) is 0 Å². The third-order valence-electron chi connectivity index (χ3n) is 5.21. The fourth-order valence-electron chi connectivity index (χ4n) is 3.75. The van der Waals surface area contributed by atoms with Crippen molar-refractivity contribution in [3.8, 4) is 0 Å². The van der Waals surface area contributed by atoms with Gasteiger partial charge in [0.05, 0.1) is 12.6 Å². The molecule has 2 aliphatic heterocycles. The molecular formula is C18H29N3O. The molecule has 2 aliphatic rings. The zero-order chi connectivity index (χ0) is 15.4. The van der Waals surface area contributed by atoms with E-state index in [2.05, 4.69) is 46.0 Å². The molecule has 122 valence electrons. The minimum atomic E-state index is 0.192. The minimum absolute atomic E-state index is 0.192. The Morgan fingerprint density at radius 1 is 1.05 bits per heavy atom. The molecular weight excluding hydrogens is 274 g/mol. The van der Waals surface area contributed by atoms with Crippen LogP contribution in [0.1, 0.15) is 23.6 Å². The smallest absolute Gasteiger partial charge is 0.0628 e. The number of aliphatic hydroxyl groups excluding tert-OH is 1. The molecule has 1 aromatic carbocycles. The van der Waals surface area contributed by atoms with Gasteiger partial charge in [-0.3, -0.25) is 4.90 Å². The van der Waals surface area contributed by atoms with Gasteiger partial charge in [0.15, 0.2) is 0 Å². The molecule has 0 saturated carbocycles. The molecule has 0 aromatic heterocycles. The van der Waals surface area contributed by atoms with Crippen LogP contribution < -0.4 is 0 Å². The zero-order valence-electron chi connectivity index (χ0n) is 13.7. The van der Waals surface area contributed by atoms with Crippen LogP contribution in [0.3, 0.4) is 0 Å². The van der Waals surface area contributed by atoms with Crippen molar-refractivity contribution in [2.45, 2.75) is 18.9 Å². The summed E-state index contributed by atoms with van der Waals surface area (Å²) in [5.74, 6) is 0. The zero-order valence-corrected chi connectivity index (χ0v) is 13.7. The van der Waals surface area contributed by atoms with Gasteiger partial charge in [-0.15, -0.1) is 0 Å². The van der Waals surface area contributed by atoms with Crippen LogP contribution in [0.15, 0.2) is 24.3 Å². The molecule has 0 radical (unpaired) electrons. The lowest BCUT2D eigenvalue weighted by Gasteiger charge is -2.37. The maximum Gasteiger partial charge on any atom is 0.0628 e. The largest absolute Gasteiger partial charge is 0.394 e. The van der Waals surface area contributed by atoms with Crippen LogP contribution in [-0.2, 0) is 6.42 Å². The Labute approximate surface area is 134 Å². The second-order valence-corrected chi connectivity index (χ2v) is 6.68. The van der Waals surface area contributed by atoms with Gasteiger partial charge in [0, 0.05) is 39.3 Å². The van der Waals surface area contributed by atoms with E-state index < -0.39 is 0 Å². The van der Waals surface area contributed by atoms with E-state index in [1.165, 1.54) is 50.3 Å². The topological polar surface area (TPSA) is 30.0 Å². The van der Waals surface area contributed by atoms with Crippen LogP contribution in [0.4, 0.5) is 0 Å². The number of rotatable bonds is 5. The van der Waals surface area contributed by atoms with Gasteiger partial charge in [-0.05, 0) is 37.6 Å². The van der Waals surface area contributed by atoms with E-state index in [0.29, 0.717) is 0 Å². The van der Waals surface area contributed by atoms with Crippen LogP contribution >= 0.6 is 0 Å². The van der Waals surface area contributed by atoms with Crippen LogP contribution in [0.5, 0.6) is 0 Å². The molecule has 0 amide bonds. The molecule has 4 nitrogen and oxygen atoms in total. The van der Waals surface area contributed by atoms with Crippen LogP contribution in [0.2, 0.25) is 0 Å². The number of aliphatic hydroxyl groups is 1. The molecule has 1 unspecified atom stereocenters. The average molecular weight is 303 g/mol. The maximum absolute atomic E-state index is 9.83. The second kappa shape index (κ2) is 7.55.